The van der Waals surface area contributed by atoms with E-state index in [1.54, 1.807) is 12.4 Å². The fraction of sp³-hybridized carbons (Fsp3) is 0.0968. The Morgan fingerprint density at radius 3 is 0.822 bits per heavy atom. The molecule has 0 radical (unpaired) electrons. The minimum Gasteiger partial charge on any atom is -0.254 e. The van der Waals surface area contributed by atoms with E-state index in [0.29, 0.717) is 0 Å². The molecule has 0 unspecified atom stereocenters. The van der Waals surface area contributed by atoms with Crippen LogP contribution in [0.1, 0.15) is 39.8 Å². The van der Waals surface area contributed by atoms with Gasteiger partial charge in [0.05, 0.1) is 22.1 Å². The predicted octanol–water partition coefficient (Wildman–Crippen LogP) is 19.9. The lowest BCUT2D eigenvalue weighted by atomic mass is 10.0. The zero-order valence-electron chi connectivity index (χ0n) is 58.3. The van der Waals surface area contributed by atoms with Crippen molar-refractivity contribution in [1.82, 2.24) is 19.9 Å². The Morgan fingerprint density at radius 2 is 0.535 bits per heavy atom. The molecule has 0 spiro atoms. The molecular formula is C93H84N4P4. The summed E-state index contributed by atoms with van der Waals surface area (Å²) < 4.78 is 0. The van der Waals surface area contributed by atoms with Gasteiger partial charge in [-0.25, -0.2) is 0 Å². The van der Waals surface area contributed by atoms with Crippen molar-refractivity contribution in [2.24, 2.45) is 0 Å². The van der Waals surface area contributed by atoms with Crippen molar-refractivity contribution in [3.05, 3.63) is 398 Å². The molecule has 0 aliphatic carbocycles. The first-order valence-electron chi connectivity index (χ1n) is 34.5. The van der Waals surface area contributed by atoms with Crippen LogP contribution in [0, 0.1) is 41.5 Å². The van der Waals surface area contributed by atoms with Crippen LogP contribution in [-0.4, -0.2) is 32.3 Å². The van der Waals surface area contributed by atoms with Gasteiger partial charge in [0, 0.05) is 46.3 Å². The number of pyridine rings is 4. The normalized spacial score (nSPS) is 11.0. The Kier molecular flexibility index (Phi) is 25.2. The van der Waals surface area contributed by atoms with Crippen LogP contribution in [-0.2, 0) is 0 Å². The lowest BCUT2D eigenvalue weighted by Crippen LogP contribution is -2.34. The summed E-state index contributed by atoms with van der Waals surface area (Å²) in [5, 5.41) is 19.1. The second-order valence-electron chi connectivity index (χ2n) is 24.9. The zero-order valence-corrected chi connectivity index (χ0v) is 61.9. The molecule has 0 aliphatic heterocycles. The van der Waals surface area contributed by atoms with Gasteiger partial charge < -0.3 is 0 Å². The maximum atomic E-state index is 4.58. The van der Waals surface area contributed by atoms with Crippen LogP contribution in [0.5, 0.6) is 0 Å². The van der Waals surface area contributed by atoms with Crippen LogP contribution in [0.2, 0.25) is 0 Å². The summed E-state index contributed by atoms with van der Waals surface area (Å²) in [6.07, 6.45) is 11.2. The summed E-state index contributed by atoms with van der Waals surface area (Å²) in [5.74, 6) is 0. The van der Waals surface area contributed by atoms with Crippen LogP contribution < -0.4 is 53.0 Å². The van der Waals surface area contributed by atoms with Gasteiger partial charge >= 0.3 is 0 Å². The summed E-state index contributed by atoms with van der Waals surface area (Å²) in [7, 11) is -1.95. The number of rotatable bonds is 14. The van der Waals surface area contributed by atoms with Gasteiger partial charge in [-0.1, -0.05) is 339 Å². The van der Waals surface area contributed by atoms with Crippen molar-refractivity contribution in [2.75, 3.05) is 12.3 Å². The van der Waals surface area contributed by atoms with E-state index < -0.39 is 15.8 Å². The highest BCUT2D eigenvalue weighted by Gasteiger charge is 2.26. The molecular weight excluding hydrogens is 1300 g/mol. The highest BCUT2D eigenvalue weighted by atomic mass is 31.1. The summed E-state index contributed by atoms with van der Waals surface area (Å²) >= 11 is 0. The van der Waals surface area contributed by atoms with E-state index in [4.69, 9.17) is 0 Å². The lowest BCUT2D eigenvalue weighted by Gasteiger charge is -2.27. The second-order valence-corrected chi connectivity index (χ2v) is 33.9. The highest BCUT2D eigenvalue weighted by molar-refractivity contribution is 7.85. The molecule has 4 aromatic heterocycles. The van der Waals surface area contributed by atoms with Gasteiger partial charge in [-0.3, -0.25) is 19.9 Å². The van der Waals surface area contributed by atoms with Gasteiger partial charge in [-0.15, -0.1) is 0 Å². The topological polar surface area (TPSA) is 51.6 Å². The molecule has 12 aromatic carbocycles. The van der Waals surface area contributed by atoms with Crippen LogP contribution in [0.25, 0.3) is 43.6 Å². The molecule has 0 aliphatic rings. The van der Waals surface area contributed by atoms with Crippen molar-refractivity contribution >= 4 is 128 Å². The summed E-state index contributed by atoms with van der Waals surface area (Å²) in [5.41, 5.74) is 11.7. The third kappa shape index (κ3) is 18.3. The van der Waals surface area contributed by atoms with Gasteiger partial charge in [0.1, 0.15) is 0 Å². The molecule has 0 bridgehead atoms. The number of hydrogen-bond acceptors (Lipinski definition) is 4. The maximum Gasteiger partial charge on any atom is 0.0967 e. The monoisotopic (exact) mass is 1380 g/mol. The first-order valence-corrected chi connectivity index (χ1v) is 40.3. The van der Waals surface area contributed by atoms with Gasteiger partial charge in [0.15, 0.2) is 0 Å². The minimum atomic E-state index is -0.664. The molecule has 0 saturated heterocycles. The van der Waals surface area contributed by atoms with E-state index in [1.807, 2.05) is 24.5 Å². The van der Waals surface area contributed by atoms with Crippen LogP contribution in [0.15, 0.2) is 365 Å². The average molecular weight is 1380 g/mol. The molecule has 4 nitrogen and oxygen atoms in total. The van der Waals surface area contributed by atoms with Crippen LogP contribution >= 0.6 is 31.7 Å². The van der Waals surface area contributed by atoms with E-state index in [9.17, 15) is 0 Å². The van der Waals surface area contributed by atoms with Crippen molar-refractivity contribution in [1.29, 1.82) is 0 Å². The molecule has 101 heavy (non-hydrogen) atoms. The maximum absolute atomic E-state index is 4.58. The molecule has 4 heterocycles. The first-order chi connectivity index (χ1) is 49.7. The van der Waals surface area contributed by atoms with Crippen molar-refractivity contribution < 1.29 is 0 Å². The smallest absolute Gasteiger partial charge is 0.0967 e. The molecule has 0 N–H and O–H groups in total. The quantitative estimate of drug-likeness (QED) is 0.0804. The third-order valence-corrected chi connectivity index (χ3v) is 28.3. The van der Waals surface area contributed by atoms with Gasteiger partial charge in [-0.05, 0) is 179 Å². The van der Waals surface area contributed by atoms with E-state index >= 15 is 0 Å². The SMILES string of the molecule is Cc1cccc(C)c1.Cc1cnc2c(ccc3c(C)c(C)cnc32)c1C.c1ccc(P(CCCP(c2ccccc2)c2ccccc2)c2ccccc2)cc1.c1ccc(P(c2ccccc2)c2ccccc2P(c2ccccc2)c2ccccc2)cc1.c1cnc2c(c1)ccc1cccnc12. The van der Waals surface area contributed by atoms with Gasteiger partial charge in [0.2, 0.25) is 0 Å². The van der Waals surface area contributed by atoms with E-state index in [1.165, 1.54) is 116 Å². The number of hydrogen-bond donors (Lipinski definition) is 0. The molecule has 0 saturated carbocycles. The minimum absolute atomic E-state index is 0.309. The molecule has 0 atom stereocenters. The van der Waals surface area contributed by atoms with Crippen LogP contribution in [0.3, 0.4) is 0 Å². The Morgan fingerprint density at radius 1 is 0.248 bits per heavy atom. The van der Waals surface area contributed by atoms with Crippen molar-refractivity contribution in [2.45, 2.75) is 48.0 Å². The fourth-order valence-corrected chi connectivity index (χ4v) is 22.7. The van der Waals surface area contributed by atoms with E-state index in [-0.39, 0.29) is 15.8 Å². The summed E-state index contributed by atoms with van der Waals surface area (Å²) in [4.78, 5) is 17.8. The molecule has 0 amide bonds. The molecule has 16 rings (SSSR count). The summed E-state index contributed by atoms with van der Waals surface area (Å²) in [6, 6.07) is 122. The summed E-state index contributed by atoms with van der Waals surface area (Å²) in [6.45, 7) is 12.7. The fourth-order valence-electron chi connectivity index (χ4n) is 12.5. The van der Waals surface area contributed by atoms with Crippen molar-refractivity contribution in [3.8, 4) is 0 Å². The molecule has 8 heteroatoms. The first kappa shape index (κ1) is 70.8. The standard InChI is InChI=1S/C30H24P2.C27H26P2.C16H16N2.C12H8N2.C8H10/c1-5-15-25(16-6-1)31(26-17-7-2-8-18-26)29-23-13-14-24-30(29)32(27-19-9-3-10-20-27)28-21-11-4-12-22-28;1-5-14-24(15-6-1)28(25-16-7-2-8-17-25)22-13-23-29(26-18-9-3-10-19-26)27-20-11-4-12-21-27;1-9-7-17-15-13(11(9)3)5-6-14-12(4)10(2)8-18-16(14)15;1-3-9-5-6-10-4-2-8-14-12(10)11(9)13-7-1;1-7-4-3-5-8(2)6-7/h1-24H;1-12,14-21H,13,22-23H2;5-8H,1-4H3;1-8H;3-6H,1-2H3. The largest absolute Gasteiger partial charge is 0.254 e. The zero-order chi connectivity index (χ0) is 69.5. The number of benzene rings is 12. The van der Waals surface area contributed by atoms with E-state index in [2.05, 4.69) is 389 Å². The van der Waals surface area contributed by atoms with Crippen LogP contribution in [0.4, 0.5) is 0 Å². The highest BCUT2D eigenvalue weighted by Crippen LogP contribution is 2.41. The molecule has 16 aromatic rings. The number of nitrogens with zero attached hydrogens (tertiary/aromatic N) is 4. The Labute approximate surface area is 602 Å². The number of aryl methyl sites for hydroxylation is 6. The Hall–Kier alpha value is -10.0. The van der Waals surface area contributed by atoms with Gasteiger partial charge in [0.25, 0.3) is 0 Å². The Balaban J connectivity index is 0.000000127. The lowest BCUT2D eigenvalue weighted by molar-refractivity contribution is 1.11. The average Bonchev–Trinajstić information content (AvgIpc) is 0.767. The second kappa shape index (κ2) is 35.9. The Bertz CT molecular complexity index is 4750. The number of fused-ring (bicyclic) bond motifs is 6. The predicted molar refractivity (Wildman–Crippen MR) is 445 cm³/mol. The molecule has 0 fully saturated rings. The van der Waals surface area contributed by atoms with Crippen molar-refractivity contribution in [3.63, 3.8) is 0 Å². The third-order valence-electron chi connectivity index (χ3n) is 17.9. The van der Waals surface area contributed by atoms with E-state index in [0.717, 1.165) is 32.8 Å². The van der Waals surface area contributed by atoms with Gasteiger partial charge in [-0.2, -0.15) is 0 Å². The number of aromatic nitrogens is 4. The molecule has 496 valence electrons.